The molecule has 0 aromatic heterocycles. The van der Waals surface area contributed by atoms with Gasteiger partial charge < -0.3 is 10.2 Å². The highest BCUT2D eigenvalue weighted by Crippen LogP contribution is 2.17. The van der Waals surface area contributed by atoms with E-state index in [-0.39, 0.29) is 11.2 Å². The van der Waals surface area contributed by atoms with E-state index in [0.29, 0.717) is 0 Å². The zero-order chi connectivity index (χ0) is 9.03. The van der Waals surface area contributed by atoms with Crippen molar-refractivity contribution >= 4 is 0 Å². The fraction of sp³-hybridized carbons (Fsp3) is 0.250. The maximum atomic E-state index is 11.6. The molecule has 13 heavy (non-hydrogen) atoms. The first kappa shape index (κ1) is 11.8. The summed E-state index contributed by atoms with van der Waals surface area (Å²) in [5.41, 5.74) is 0. The number of alkyl halides is 3. The Morgan fingerprint density at radius 2 is 1.62 bits per heavy atom. The monoisotopic (exact) mass is 194 g/mol. The van der Waals surface area contributed by atoms with Crippen molar-refractivity contribution in [3.05, 3.63) is 30.3 Å². The number of rotatable bonds is 2. The van der Waals surface area contributed by atoms with Gasteiger partial charge in [-0.1, -0.05) is 18.2 Å². The van der Waals surface area contributed by atoms with Crippen molar-refractivity contribution in [2.24, 2.45) is 0 Å². The quantitative estimate of drug-likeness (QED) is 0.707. The minimum absolute atomic E-state index is 0. The molecule has 5 heteroatoms. The third-order valence-corrected chi connectivity index (χ3v) is 1.15. The van der Waals surface area contributed by atoms with Crippen molar-refractivity contribution in [1.29, 1.82) is 0 Å². The third kappa shape index (κ3) is 5.08. The normalized spacial score (nSPS) is 10.4. The van der Waals surface area contributed by atoms with Gasteiger partial charge in [-0.25, -0.2) is 0 Å². The molecule has 1 rings (SSSR count). The van der Waals surface area contributed by atoms with Crippen LogP contribution in [0.4, 0.5) is 13.2 Å². The Bertz CT molecular complexity index is 233. The van der Waals surface area contributed by atoms with Crippen LogP contribution in [0, 0.1) is 0 Å². The van der Waals surface area contributed by atoms with Gasteiger partial charge in [0.15, 0.2) is 6.61 Å². The van der Waals surface area contributed by atoms with Gasteiger partial charge in [-0.15, -0.1) is 0 Å². The number of halogens is 3. The summed E-state index contributed by atoms with van der Waals surface area (Å²) in [4.78, 5) is 0. The molecule has 0 heterocycles. The average Bonchev–Trinajstić information content (AvgIpc) is 2.02. The lowest BCUT2D eigenvalue weighted by atomic mass is 10.3. The zero-order valence-corrected chi connectivity index (χ0v) is 6.64. The molecular weight excluding hydrogens is 185 g/mol. The molecule has 2 N–H and O–H groups in total. The molecule has 0 saturated heterocycles. The number of ether oxygens (including phenoxy) is 1. The van der Waals surface area contributed by atoms with Gasteiger partial charge in [0.2, 0.25) is 0 Å². The molecule has 2 nitrogen and oxygen atoms in total. The highest BCUT2D eigenvalue weighted by Gasteiger charge is 2.28. The fourth-order valence-electron chi connectivity index (χ4n) is 0.682. The molecule has 0 aliphatic heterocycles. The van der Waals surface area contributed by atoms with Gasteiger partial charge in [0.05, 0.1) is 0 Å². The predicted octanol–water partition coefficient (Wildman–Crippen LogP) is 1.80. The molecule has 1 aromatic carbocycles. The van der Waals surface area contributed by atoms with Crippen molar-refractivity contribution in [1.82, 2.24) is 0 Å². The van der Waals surface area contributed by atoms with Gasteiger partial charge in [0.25, 0.3) is 0 Å². The second kappa shape index (κ2) is 4.71. The van der Waals surface area contributed by atoms with Crippen molar-refractivity contribution in [3.63, 3.8) is 0 Å². The summed E-state index contributed by atoms with van der Waals surface area (Å²) in [6, 6.07) is 7.90. The van der Waals surface area contributed by atoms with Crippen LogP contribution in [0.3, 0.4) is 0 Å². The van der Waals surface area contributed by atoms with E-state index in [2.05, 4.69) is 4.74 Å². The Kier molecular flexibility index (Phi) is 4.27. The lowest BCUT2D eigenvalue weighted by Gasteiger charge is -2.07. The van der Waals surface area contributed by atoms with Crippen LogP contribution in [0.15, 0.2) is 30.3 Å². The molecule has 0 radical (unpaired) electrons. The highest BCUT2D eigenvalue weighted by molar-refractivity contribution is 5.20. The summed E-state index contributed by atoms with van der Waals surface area (Å²) in [6.45, 7) is -1.24. The Morgan fingerprint density at radius 1 is 1.08 bits per heavy atom. The van der Waals surface area contributed by atoms with E-state index in [0.717, 1.165) is 0 Å². The standard InChI is InChI=1S/C8H7F3O.H2O/c9-8(10,11)6-12-7-4-2-1-3-5-7;/h1-5H,6H2;1H2. The van der Waals surface area contributed by atoms with Crippen LogP contribution in [-0.4, -0.2) is 18.3 Å². The lowest BCUT2D eigenvalue weighted by Crippen LogP contribution is -2.19. The van der Waals surface area contributed by atoms with Crippen molar-refractivity contribution in [2.75, 3.05) is 6.61 Å². The van der Waals surface area contributed by atoms with Crippen LogP contribution >= 0.6 is 0 Å². The van der Waals surface area contributed by atoms with Gasteiger partial charge in [-0.05, 0) is 12.1 Å². The van der Waals surface area contributed by atoms with Crippen molar-refractivity contribution in [3.8, 4) is 5.75 Å². The second-order valence-corrected chi connectivity index (χ2v) is 2.22. The maximum Gasteiger partial charge on any atom is 0.422 e. The highest BCUT2D eigenvalue weighted by atomic mass is 19.4. The predicted molar refractivity (Wildman–Crippen MR) is 41.6 cm³/mol. The molecule has 0 aliphatic rings. The summed E-state index contributed by atoms with van der Waals surface area (Å²) in [5.74, 6) is 0.231. The average molecular weight is 194 g/mol. The van der Waals surface area contributed by atoms with Crippen LogP contribution < -0.4 is 4.74 Å². The van der Waals surface area contributed by atoms with E-state index in [1.165, 1.54) is 12.1 Å². The molecule has 0 unspecified atom stereocenters. The topological polar surface area (TPSA) is 40.7 Å². The minimum Gasteiger partial charge on any atom is -0.484 e. The van der Waals surface area contributed by atoms with E-state index in [1.807, 2.05) is 0 Å². The summed E-state index contributed by atoms with van der Waals surface area (Å²) < 4.78 is 39.3. The van der Waals surface area contributed by atoms with Crippen LogP contribution in [0.5, 0.6) is 5.75 Å². The maximum absolute atomic E-state index is 11.6. The second-order valence-electron chi connectivity index (χ2n) is 2.22. The summed E-state index contributed by atoms with van der Waals surface area (Å²) in [7, 11) is 0. The molecule has 0 saturated carbocycles. The molecule has 1 aromatic rings. The summed E-state index contributed by atoms with van der Waals surface area (Å²) >= 11 is 0. The Balaban J connectivity index is 0.00000144. The number of benzene rings is 1. The number of para-hydroxylation sites is 1. The van der Waals surface area contributed by atoms with Crippen molar-refractivity contribution < 1.29 is 23.4 Å². The van der Waals surface area contributed by atoms with Crippen LogP contribution in [0.2, 0.25) is 0 Å². The summed E-state index contributed by atoms with van der Waals surface area (Å²) in [6.07, 6.45) is -4.27. The molecule has 0 aliphatic carbocycles. The van der Waals surface area contributed by atoms with Gasteiger partial charge in [-0.2, -0.15) is 13.2 Å². The Hall–Kier alpha value is -1.23. The Morgan fingerprint density at radius 3 is 2.08 bits per heavy atom. The van der Waals surface area contributed by atoms with Gasteiger partial charge in [0, 0.05) is 0 Å². The lowest BCUT2D eigenvalue weighted by molar-refractivity contribution is -0.153. The van der Waals surface area contributed by atoms with Crippen molar-refractivity contribution in [2.45, 2.75) is 6.18 Å². The van der Waals surface area contributed by atoms with Gasteiger partial charge >= 0.3 is 6.18 Å². The first-order valence-electron chi connectivity index (χ1n) is 3.32. The molecule has 0 bridgehead atoms. The van der Waals surface area contributed by atoms with E-state index < -0.39 is 12.8 Å². The van der Waals surface area contributed by atoms with E-state index in [1.54, 1.807) is 18.2 Å². The first-order chi connectivity index (χ1) is 5.58. The number of hydrogen-bond donors (Lipinski definition) is 0. The third-order valence-electron chi connectivity index (χ3n) is 1.15. The fourth-order valence-corrected chi connectivity index (χ4v) is 0.682. The molecule has 0 fully saturated rings. The molecule has 74 valence electrons. The molecule has 0 atom stereocenters. The molecule has 0 amide bonds. The van der Waals surface area contributed by atoms with E-state index >= 15 is 0 Å². The van der Waals surface area contributed by atoms with Gasteiger partial charge in [0.1, 0.15) is 5.75 Å². The molecular formula is C8H9F3O2. The zero-order valence-electron chi connectivity index (χ0n) is 6.64. The largest absolute Gasteiger partial charge is 0.484 e. The van der Waals surface area contributed by atoms with Gasteiger partial charge in [-0.3, -0.25) is 0 Å². The van der Waals surface area contributed by atoms with Crippen LogP contribution in [0.25, 0.3) is 0 Å². The minimum atomic E-state index is -4.27. The van der Waals surface area contributed by atoms with Crippen LogP contribution in [-0.2, 0) is 0 Å². The van der Waals surface area contributed by atoms with E-state index in [9.17, 15) is 13.2 Å². The van der Waals surface area contributed by atoms with Crippen LogP contribution in [0.1, 0.15) is 0 Å². The molecule has 0 spiro atoms. The first-order valence-corrected chi connectivity index (χ1v) is 3.32. The summed E-state index contributed by atoms with van der Waals surface area (Å²) in [5, 5.41) is 0. The Labute approximate surface area is 73.3 Å². The SMILES string of the molecule is FC(F)(F)COc1ccccc1.O. The number of hydrogen-bond acceptors (Lipinski definition) is 1. The smallest absolute Gasteiger partial charge is 0.422 e. The van der Waals surface area contributed by atoms with E-state index in [4.69, 9.17) is 0 Å².